The summed E-state index contributed by atoms with van der Waals surface area (Å²) in [5, 5.41) is 9.07. The van der Waals surface area contributed by atoms with Crippen molar-refractivity contribution in [2.24, 2.45) is 0 Å². The number of rotatable bonds is 3. The van der Waals surface area contributed by atoms with E-state index in [2.05, 4.69) is 139 Å². The second kappa shape index (κ2) is 8.06. The predicted octanol–water partition coefficient (Wildman–Crippen LogP) is 10.4. The van der Waals surface area contributed by atoms with Crippen LogP contribution in [0.15, 0.2) is 127 Å². The van der Waals surface area contributed by atoms with Crippen molar-refractivity contribution in [2.75, 3.05) is 0 Å². The van der Waals surface area contributed by atoms with Gasteiger partial charge in [-0.2, -0.15) is 0 Å². The van der Waals surface area contributed by atoms with Crippen LogP contribution in [0.2, 0.25) is 0 Å². The first-order valence-electron chi connectivity index (χ1n) is 13.2. The molecule has 0 radical (unpaired) electrons. The van der Waals surface area contributed by atoms with Gasteiger partial charge in [-0.15, -0.1) is 0 Å². The highest BCUT2D eigenvalue weighted by Gasteiger charge is 2.19. The van der Waals surface area contributed by atoms with Gasteiger partial charge in [0.2, 0.25) is 0 Å². The fourth-order valence-corrected chi connectivity index (χ4v) is 6.18. The Bertz CT molecular complexity index is 2080. The summed E-state index contributed by atoms with van der Waals surface area (Å²) >= 11 is 0. The van der Waals surface area contributed by atoms with Crippen LogP contribution in [0.25, 0.3) is 76.7 Å². The van der Waals surface area contributed by atoms with Crippen LogP contribution in [0, 0.1) is 6.92 Å². The number of hydrogen-bond donors (Lipinski definition) is 1. The third kappa shape index (κ3) is 3.12. The number of para-hydroxylation sites is 1. The lowest BCUT2D eigenvalue weighted by Gasteiger charge is -2.19. The van der Waals surface area contributed by atoms with Crippen LogP contribution in [0.5, 0.6) is 0 Å². The maximum atomic E-state index is 3.71. The fraction of sp³-hybridized carbons (Fsp3) is 0.0270. The van der Waals surface area contributed by atoms with E-state index in [1.165, 1.54) is 71.1 Å². The molecule has 7 aromatic carbocycles. The van der Waals surface area contributed by atoms with Gasteiger partial charge in [-0.3, -0.25) is 0 Å². The van der Waals surface area contributed by atoms with Crippen molar-refractivity contribution in [3.05, 3.63) is 133 Å². The zero-order valence-corrected chi connectivity index (χ0v) is 21.1. The summed E-state index contributed by atoms with van der Waals surface area (Å²) in [7, 11) is 0. The molecule has 178 valence electrons. The number of aromatic nitrogens is 1. The van der Waals surface area contributed by atoms with Gasteiger partial charge in [0.25, 0.3) is 0 Å². The van der Waals surface area contributed by atoms with Gasteiger partial charge in [0, 0.05) is 22.2 Å². The van der Waals surface area contributed by atoms with Crippen LogP contribution in [0.1, 0.15) is 5.56 Å². The second-order valence-corrected chi connectivity index (χ2v) is 10.3. The molecule has 0 aliphatic heterocycles. The molecule has 0 fully saturated rings. The maximum Gasteiger partial charge on any atom is 0.0471 e. The first-order chi connectivity index (χ1) is 18.7. The molecule has 1 aromatic heterocycles. The van der Waals surface area contributed by atoms with Gasteiger partial charge in [0.15, 0.2) is 0 Å². The van der Waals surface area contributed by atoms with Gasteiger partial charge in [-0.05, 0) is 79.7 Å². The molecular weight excluding hydrogens is 458 g/mol. The normalized spacial score (nSPS) is 11.8. The van der Waals surface area contributed by atoms with E-state index in [0.717, 1.165) is 11.2 Å². The van der Waals surface area contributed by atoms with Crippen LogP contribution in [-0.2, 0) is 0 Å². The molecule has 0 aliphatic carbocycles. The summed E-state index contributed by atoms with van der Waals surface area (Å²) in [6, 6.07) is 46.7. The van der Waals surface area contributed by atoms with Crippen LogP contribution < -0.4 is 0 Å². The molecule has 1 nitrogen and oxygen atoms in total. The Morgan fingerprint density at radius 2 is 1.11 bits per heavy atom. The van der Waals surface area contributed by atoms with Crippen LogP contribution in [-0.4, -0.2) is 4.98 Å². The lowest BCUT2D eigenvalue weighted by Crippen LogP contribution is -1.92. The molecule has 0 atom stereocenters. The lowest BCUT2D eigenvalue weighted by molar-refractivity contribution is 1.47. The Kier molecular flexibility index (Phi) is 4.50. The fourth-order valence-electron chi connectivity index (χ4n) is 6.18. The van der Waals surface area contributed by atoms with Gasteiger partial charge in [-0.25, -0.2) is 0 Å². The molecule has 38 heavy (non-hydrogen) atoms. The molecule has 0 unspecified atom stereocenters. The number of aromatic amines is 1. The first kappa shape index (κ1) is 21.2. The number of benzene rings is 7. The molecular formula is C37H25N. The van der Waals surface area contributed by atoms with Crippen molar-refractivity contribution in [3.63, 3.8) is 0 Å². The number of aryl methyl sites for hydroxylation is 1. The predicted molar refractivity (Wildman–Crippen MR) is 163 cm³/mol. The average Bonchev–Trinajstić information content (AvgIpc) is 3.41. The van der Waals surface area contributed by atoms with Crippen molar-refractivity contribution in [3.8, 4) is 33.5 Å². The van der Waals surface area contributed by atoms with E-state index in [-0.39, 0.29) is 0 Å². The Morgan fingerprint density at radius 3 is 1.92 bits per heavy atom. The quantitative estimate of drug-likeness (QED) is 0.241. The van der Waals surface area contributed by atoms with Crippen molar-refractivity contribution < 1.29 is 0 Å². The number of hydrogen-bond acceptors (Lipinski definition) is 0. The Hall–Kier alpha value is -4.88. The maximum absolute atomic E-state index is 3.71. The minimum absolute atomic E-state index is 1.15. The third-order valence-corrected chi connectivity index (χ3v) is 8.05. The molecule has 1 N–H and O–H groups in total. The van der Waals surface area contributed by atoms with E-state index in [9.17, 15) is 0 Å². The molecule has 8 rings (SSSR count). The third-order valence-electron chi connectivity index (χ3n) is 8.05. The number of fused-ring (bicyclic) bond motifs is 1. The highest BCUT2D eigenvalue weighted by atomic mass is 14.7. The van der Waals surface area contributed by atoms with E-state index < -0.39 is 0 Å². The van der Waals surface area contributed by atoms with Crippen molar-refractivity contribution in [1.82, 2.24) is 4.98 Å². The van der Waals surface area contributed by atoms with E-state index in [4.69, 9.17) is 0 Å². The summed E-state index contributed by atoms with van der Waals surface area (Å²) in [5.74, 6) is 0. The van der Waals surface area contributed by atoms with Crippen molar-refractivity contribution in [2.45, 2.75) is 6.92 Å². The lowest BCUT2D eigenvalue weighted by atomic mass is 9.85. The molecule has 0 bridgehead atoms. The molecule has 0 saturated carbocycles. The van der Waals surface area contributed by atoms with Gasteiger partial charge in [-0.1, -0.05) is 115 Å². The molecule has 0 aliphatic rings. The molecule has 1 heteroatoms. The summed E-state index contributed by atoms with van der Waals surface area (Å²) in [5.41, 5.74) is 9.88. The Balaban J connectivity index is 1.52. The average molecular weight is 484 g/mol. The number of H-pyrrole nitrogens is 1. The molecule has 0 spiro atoms. The van der Waals surface area contributed by atoms with Gasteiger partial charge < -0.3 is 4.98 Å². The SMILES string of the molecule is Cc1ccc(-c2ccc3ccc4c(-c5ccccc5)cc(-c5cc6ccccc6[nH]5)c5ccc2c3c45)cc1. The first-order valence-corrected chi connectivity index (χ1v) is 13.2. The highest BCUT2D eigenvalue weighted by molar-refractivity contribution is 6.30. The molecule has 8 aromatic rings. The minimum atomic E-state index is 1.15. The Labute approximate surface area is 221 Å². The molecule has 0 amide bonds. The van der Waals surface area contributed by atoms with Crippen molar-refractivity contribution in [1.29, 1.82) is 0 Å². The van der Waals surface area contributed by atoms with E-state index in [0.29, 0.717) is 0 Å². The molecule has 0 saturated heterocycles. The smallest absolute Gasteiger partial charge is 0.0471 e. The zero-order chi connectivity index (χ0) is 25.2. The topological polar surface area (TPSA) is 15.8 Å². The highest BCUT2D eigenvalue weighted by Crippen LogP contribution is 2.46. The van der Waals surface area contributed by atoms with Crippen molar-refractivity contribution >= 4 is 43.2 Å². The summed E-state index contributed by atoms with van der Waals surface area (Å²) < 4.78 is 0. The van der Waals surface area contributed by atoms with Gasteiger partial charge in [0.1, 0.15) is 0 Å². The summed E-state index contributed by atoms with van der Waals surface area (Å²) in [4.78, 5) is 3.71. The Morgan fingerprint density at radius 1 is 0.447 bits per heavy atom. The standard InChI is InChI=1S/C37H25N/c1-23-11-13-25(14-12-23)28-17-15-26-16-18-30-32(24-7-3-2-4-8-24)22-33(31-20-19-29(28)36(26)37(30)31)35-21-27-9-5-6-10-34(27)38-35/h2-22,38H,1H3. The van der Waals surface area contributed by atoms with Gasteiger partial charge >= 0.3 is 0 Å². The van der Waals surface area contributed by atoms with E-state index in [1.807, 2.05) is 0 Å². The van der Waals surface area contributed by atoms with Gasteiger partial charge in [0.05, 0.1) is 0 Å². The van der Waals surface area contributed by atoms with E-state index in [1.54, 1.807) is 0 Å². The van der Waals surface area contributed by atoms with E-state index >= 15 is 0 Å². The largest absolute Gasteiger partial charge is 0.355 e. The summed E-state index contributed by atoms with van der Waals surface area (Å²) in [6.45, 7) is 2.14. The van der Waals surface area contributed by atoms with Crippen LogP contribution in [0.4, 0.5) is 0 Å². The zero-order valence-electron chi connectivity index (χ0n) is 21.1. The molecule has 1 heterocycles. The monoisotopic (exact) mass is 483 g/mol. The number of nitrogens with one attached hydrogen (secondary N) is 1. The minimum Gasteiger partial charge on any atom is -0.355 e. The second-order valence-electron chi connectivity index (χ2n) is 10.3. The van der Waals surface area contributed by atoms with Crippen LogP contribution in [0.3, 0.4) is 0 Å². The van der Waals surface area contributed by atoms with Crippen LogP contribution >= 0.6 is 0 Å². The summed E-state index contributed by atoms with van der Waals surface area (Å²) in [6.07, 6.45) is 0.